The van der Waals surface area contributed by atoms with Crippen molar-refractivity contribution in [3.8, 4) is 5.75 Å². The Morgan fingerprint density at radius 1 is 1.14 bits per heavy atom. The number of esters is 2. The third kappa shape index (κ3) is 4.52. The van der Waals surface area contributed by atoms with Gasteiger partial charge in [-0.2, -0.15) is 0 Å². The highest BCUT2D eigenvalue weighted by Crippen LogP contribution is 2.33. The van der Waals surface area contributed by atoms with E-state index < -0.39 is 18.0 Å². The summed E-state index contributed by atoms with van der Waals surface area (Å²) >= 11 is 0. The average molecular weight is 394 g/mol. The SMILES string of the molecule is CCOC(=O)Nc1ccc(N2COCC(C(=O)OC)=C2C(=O)OC)cc1OC. The van der Waals surface area contributed by atoms with Crippen LogP contribution in [0.15, 0.2) is 29.5 Å². The number of hydrogen-bond donors (Lipinski definition) is 1. The van der Waals surface area contributed by atoms with E-state index in [0.717, 1.165) is 0 Å². The Balaban J connectivity index is 2.45. The fourth-order valence-corrected chi connectivity index (χ4v) is 2.58. The summed E-state index contributed by atoms with van der Waals surface area (Å²) in [5, 5.41) is 2.56. The van der Waals surface area contributed by atoms with E-state index in [0.29, 0.717) is 17.1 Å². The largest absolute Gasteiger partial charge is 0.494 e. The lowest BCUT2D eigenvalue weighted by Crippen LogP contribution is -2.38. The van der Waals surface area contributed by atoms with Crippen LogP contribution in [0.1, 0.15) is 6.92 Å². The maximum atomic E-state index is 12.3. The van der Waals surface area contributed by atoms with Crippen LogP contribution < -0.4 is 15.0 Å². The summed E-state index contributed by atoms with van der Waals surface area (Å²) in [6, 6.07) is 4.77. The van der Waals surface area contributed by atoms with Crippen molar-refractivity contribution in [3.63, 3.8) is 0 Å². The Hall–Kier alpha value is -3.27. The molecule has 1 N–H and O–H groups in total. The monoisotopic (exact) mass is 394 g/mol. The molecule has 0 saturated carbocycles. The van der Waals surface area contributed by atoms with Crippen LogP contribution in [0.3, 0.4) is 0 Å². The number of carbonyl (C=O) groups excluding carboxylic acids is 3. The molecule has 1 aliphatic heterocycles. The molecular weight excluding hydrogens is 372 g/mol. The smallest absolute Gasteiger partial charge is 0.411 e. The van der Waals surface area contributed by atoms with Crippen molar-refractivity contribution >= 4 is 29.4 Å². The van der Waals surface area contributed by atoms with Crippen LogP contribution >= 0.6 is 0 Å². The quantitative estimate of drug-likeness (QED) is 0.568. The first-order valence-corrected chi connectivity index (χ1v) is 8.33. The number of nitrogens with one attached hydrogen (secondary N) is 1. The van der Waals surface area contributed by atoms with Crippen molar-refractivity contribution in [3.05, 3.63) is 29.5 Å². The fraction of sp³-hybridized carbons (Fsp3) is 0.389. The molecule has 0 spiro atoms. The van der Waals surface area contributed by atoms with Crippen molar-refractivity contribution in [2.75, 3.05) is 51.5 Å². The van der Waals surface area contributed by atoms with Crippen LogP contribution in [-0.2, 0) is 28.5 Å². The van der Waals surface area contributed by atoms with Gasteiger partial charge >= 0.3 is 18.0 Å². The minimum Gasteiger partial charge on any atom is -0.494 e. The summed E-state index contributed by atoms with van der Waals surface area (Å²) in [6.45, 7) is 1.82. The van der Waals surface area contributed by atoms with Gasteiger partial charge in [0.15, 0.2) is 0 Å². The van der Waals surface area contributed by atoms with E-state index in [-0.39, 0.29) is 31.2 Å². The van der Waals surface area contributed by atoms with E-state index in [9.17, 15) is 14.4 Å². The maximum Gasteiger partial charge on any atom is 0.411 e. The number of carbonyl (C=O) groups is 3. The fourth-order valence-electron chi connectivity index (χ4n) is 2.58. The van der Waals surface area contributed by atoms with Crippen LogP contribution in [0, 0.1) is 0 Å². The lowest BCUT2D eigenvalue weighted by Gasteiger charge is -2.31. The van der Waals surface area contributed by atoms with Crippen LogP contribution in [0.2, 0.25) is 0 Å². The minimum atomic E-state index is -0.712. The molecule has 10 heteroatoms. The van der Waals surface area contributed by atoms with Gasteiger partial charge in [0.25, 0.3) is 0 Å². The van der Waals surface area contributed by atoms with E-state index >= 15 is 0 Å². The number of ether oxygens (including phenoxy) is 5. The first-order chi connectivity index (χ1) is 13.5. The van der Waals surface area contributed by atoms with Gasteiger partial charge in [0.05, 0.1) is 45.8 Å². The predicted octanol–water partition coefficient (Wildman–Crippen LogP) is 1.66. The van der Waals surface area contributed by atoms with Gasteiger partial charge in [-0.1, -0.05) is 0 Å². The summed E-state index contributed by atoms with van der Waals surface area (Å²) in [6.07, 6.45) is -0.627. The lowest BCUT2D eigenvalue weighted by atomic mass is 10.1. The van der Waals surface area contributed by atoms with E-state index in [1.165, 1.54) is 26.2 Å². The highest BCUT2D eigenvalue weighted by molar-refractivity contribution is 6.03. The zero-order chi connectivity index (χ0) is 20.7. The minimum absolute atomic E-state index is 0.00126. The Kier molecular flexibility index (Phi) is 7.21. The molecule has 1 aliphatic rings. The molecule has 0 fully saturated rings. The van der Waals surface area contributed by atoms with Crippen LogP contribution in [-0.4, -0.2) is 59.3 Å². The molecule has 152 valence electrons. The zero-order valence-corrected chi connectivity index (χ0v) is 16.1. The molecule has 0 aliphatic carbocycles. The topological polar surface area (TPSA) is 113 Å². The molecule has 1 aromatic carbocycles. The molecule has 1 amide bonds. The van der Waals surface area contributed by atoms with Gasteiger partial charge in [0.1, 0.15) is 18.2 Å². The summed E-state index contributed by atoms with van der Waals surface area (Å²) in [7, 11) is 3.85. The Morgan fingerprint density at radius 3 is 2.46 bits per heavy atom. The lowest BCUT2D eigenvalue weighted by molar-refractivity contribution is -0.140. The van der Waals surface area contributed by atoms with Crippen molar-refractivity contribution in [2.24, 2.45) is 0 Å². The van der Waals surface area contributed by atoms with Gasteiger partial charge in [0, 0.05) is 11.8 Å². The second kappa shape index (κ2) is 9.60. The number of anilines is 2. The van der Waals surface area contributed by atoms with Gasteiger partial charge in [-0.05, 0) is 19.1 Å². The molecule has 0 unspecified atom stereocenters. The van der Waals surface area contributed by atoms with Crippen molar-refractivity contribution in [1.82, 2.24) is 0 Å². The van der Waals surface area contributed by atoms with Crippen LogP contribution in [0.25, 0.3) is 0 Å². The predicted molar refractivity (Wildman–Crippen MR) is 98.0 cm³/mol. The molecule has 0 atom stereocenters. The molecule has 1 heterocycles. The molecule has 0 radical (unpaired) electrons. The maximum absolute atomic E-state index is 12.3. The summed E-state index contributed by atoms with van der Waals surface area (Å²) < 4.78 is 25.1. The molecule has 28 heavy (non-hydrogen) atoms. The van der Waals surface area contributed by atoms with Crippen molar-refractivity contribution in [1.29, 1.82) is 0 Å². The number of benzene rings is 1. The summed E-state index contributed by atoms with van der Waals surface area (Å²) in [5.41, 5.74) is 0.897. The molecule has 0 aromatic heterocycles. The van der Waals surface area contributed by atoms with Gasteiger partial charge in [-0.25, -0.2) is 14.4 Å². The van der Waals surface area contributed by atoms with Gasteiger partial charge in [0.2, 0.25) is 0 Å². The van der Waals surface area contributed by atoms with Gasteiger partial charge in [-0.15, -0.1) is 0 Å². The Bertz CT molecular complexity index is 790. The number of amides is 1. The third-order valence-electron chi connectivity index (χ3n) is 3.84. The summed E-state index contributed by atoms with van der Waals surface area (Å²) in [4.78, 5) is 37.5. The molecule has 1 aromatic rings. The normalized spacial score (nSPS) is 13.6. The zero-order valence-electron chi connectivity index (χ0n) is 16.1. The Morgan fingerprint density at radius 2 is 1.86 bits per heavy atom. The first kappa shape index (κ1) is 21.0. The van der Waals surface area contributed by atoms with E-state index in [1.54, 1.807) is 25.1 Å². The van der Waals surface area contributed by atoms with E-state index in [2.05, 4.69) is 5.32 Å². The number of rotatable bonds is 6. The second-order valence-electron chi connectivity index (χ2n) is 5.45. The van der Waals surface area contributed by atoms with Gasteiger partial charge in [-0.3, -0.25) is 5.32 Å². The molecule has 2 rings (SSSR count). The van der Waals surface area contributed by atoms with Crippen LogP contribution in [0.5, 0.6) is 5.75 Å². The first-order valence-electron chi connectivity index (χ1n) is 8.33. The number of hydrogen-bond acceptors (Lipinski definition) is 9. The molecule has 0 bridgehead atoms. The highest BCUT2D eigenvalue weighted by atomic mass is 16.6. The van der Waals surface area contributed by atoms with Gasteiger partial charge < -0.3 is 28.6 Å². The standard InChI is InChI=1S/C18H22N2O8/c1-5-28-18(23)19-13-7-6-11(8-14(13)24-2)20-10-27-9-12(16(21)25-3)15(20)17(22)26-4/h6-8H,5,9-10H2,1-4H3,(H,19,23). The second-order valence-corrected chi connectivity index (χ2v) is 5.45. The molecule has 0 saturated heterocycles. The van der Waals surface area contributed by atoms with E-state index in [1.807, 2.05) is 0 Å². The summed E-state index contributed by atoms with van der Waals surface area (Å²) in [5.74, 6) is -1.09. The number of methoxy groups -OCH3 is 3. The van der Waals surface area contributed by atoms with Crippen molar-refractivity contribution < 1.29 is 38.1 Å². The third-order valence-corrected chi connectivity index (χ3v) is 3.84. The van der Waals surface area contributed by atoms with Crippen LogP contribution in [0.4, 0.5) is 16.2 Å². The number of nitrogens with zero attached hydrogens (tertiary/aromatic N) is 1. The van der Waals surface area contributed by atoms with E-state index in [4.69, 9.17) is 23.7 Å². The molecule has 10 nitrogen and oxygen atoms in total. The molecular formula is C18H22N2O8. The highest BCUT2D eigenvalue weighted by Gasteiger charge is 2.32. The van der Waals surface area contributed by atoms with Crippen molar-refractivity contribution in [2.45, 2.75) is 6.92 Å². The Labute approximate surface area is 161 Å². The average Bonchev–Trinajstić information content (AvgIpc) is 2.72.